The molecule has 0 saturated heterocycles. The second-order valence-corrected chi connectivity index (χ2v) is 8.34. The number of fused-ring (bicyclic) bond motifs is 1. The molecule has 30 heavy (non-hydrogen) atoms. The molecular formula is C22H18BrN3O3S. The summed E-state index contributed by atoms with van der Waals surface area (Å²) >= 11 is 4.79. The number of benzene rings is 2. The van der Waals surface area contributed by atoms with Crippen LogP contribution in [0.3, 0.4) is 0 Å². The highest BCUT2D eigenvalue weighted by Gasteiger charge is 2.14. The number of methoxy groups -OCH3 is 1. The maximum Gasteiger partial charge on any atom is 0.271 e. The molecule has 2 aromatic carbocycles. The number of carbonyl (C=O) groups is 1. The number of hydrogen-bond acceptors (Lipinski definition) is 5. The first kappa shape index (κ1) is 20.3. The van der Waals surface area contributed by atoms with Crippen LogP contribution in [0.15, 0.2) is 69.5 Å². The molecule has 1 amide bonds. The molecule has 0 spiro atoms. The van der Waals surface area contributed by atoms with Gasteiger partial charge in [-0.15, -0.1) is 11.3 Å². The largest absolute Gasteiger partial charge is 0.497 e. The molecule has 0 saturated carbocycles. The molecule has 0 radical (unpaired) electrons. The van der Waals surface area contributed by atoms with Crippen molar-refractivity contribution in [2.24, 2.45) is 0 Å². The molecule has 2 heterocycles. The Hall–Kier alpha value is -2.97. The van der Waals surface area contributed by atoms with E-state index in [1.807, 2.05) is 53.9 Å². The zero-order valence-electron chi connectivity index (χ0n) is 16.1. The number of aromatic nitrogens is 2. The summed E-state index contributed by atoms with van der Waals surface area (Å²) in [5.74, 6) is 0.517. The van der Waals surface area contributed by atoms with Crippen LogP contribution in [-0.4, -0.2) is 22.6 Å². The van der Waals surface area contributed by atoms with Gasteiger partial charge < -0.3 is 10.1 Å². The summed E-state index contributed by atoms with van der Waals surface area (Å²) in [4.78, 5) is 29.7. The Bertz CT molecular complexity index is 1260. The zero-order chi connectivity index (χ0) is 21.1. The van der Waals surface area contributed by atoms with Crippen molar-refractivity contribution in [2.75, 3.05) is 7.11 Å². The maximum atomic E-state index is 12.9. The van der Waals surface area contributed by atoms with Crippen LogP contribution in [0.1, 0.15) is 5.56 Å². The van der Waals surface area contributed by atoms with Crippen LogP contribution in [0, 0.1) is 0 Å². The van der Waals surface area contributed by atoms with Crippen LogP contribution in [0.2, 0.25) is 0 Å². The Morgan fingerprint density at radius 1 is 1.20 bits per heavy atom. The minimum Gasteiger partial charge on any atom is -0.497 e. The molecule has 0 aliphatic carbocycles. The molecule has 8 heteroatoms. The number of halogens is 1. The first-order chi connectivity index (χ1) is 14.6. The summed E-state index contributed by atoms with van der Waals surface area (Å²) in [6, 6.07) is 15.3. The summed E-state index contributed by atoms with van der Waals surface area (Å²) in [5, 5.41) is 4.76. The molecule has 2 aromatic heterocycles. The first-order valence-corrected chi connectivity index (χ1v) is 10.8. The van der Waals surface area contributed by atoms with Crippen LogP contribution < -0.4 is 15.6 Å². The van der Waals surface area contributed by atoms with E-state index in [0.29, 0.717) is 16.8 Å². The lowest BCUT2D eigenvalue weighted by Crippen LogP contribution is -2.32. The normalized spacial score (nSPS) is 10.9. The Kier molecular flexibility index (Phi) is 5.96. The lowest BCUT2D eigenvalue weighted by Gasteiger charge is -2.09. The van der Waals surface area contributed by atoms with Gasteiger partial charge in [0.05, 0.1) is 19.0 Å². The first-order valence-electron chi connectivity index (χ1n) is 9.18. The monoisotopic (exact) mass is 483 g/mol. The van der Waals surface area contributed by atoms with E-state index in [1.54, 1.807) is 7.11 Å². The van der Waals surface area contributed by atoms with Crippen LogP contribution in [0.5, 0.6) is 5.75 Å². The molecule has 0 atom stereocenters. The van der Waals surface area contributed by atoms with Gasteiger partial charge in [-0.1, -0.05) is 46.3 Å². The fraction of sp³-hybridized carbons (Fsp3) is 0.136. The minimum absolute atomic E-state index is 0.0814. The van der Waals surface area contributed by atoms with Gasteiger partial charge in [0, 0.05) is 22.0 Å². The summed E-state index contributed by atoms with van der Waals surface area (Å²) in [6.07, 6.45) is 1.43. The van der Waals surface area contributed by atoms with E-state index in [9.17, 15) is 9.59 Å². The molecule has 0 unspecified atom stereocenters. The predicted molar refractivity (Wildman–Crippen MR) is 122 cm³/mol. The van der Waals surface area contributed by atoms with Crippen molar-refractivity contribution < 1.29 is 9.53 Å². The third-order valence-electron chi connectivity index (χ3n) is 4.69. The molecule has 4 aromatic rings. The maximum absolute atomic E-state index is 12.9. The van der Waals surface area contributed by atoms with Crippen molar-refractivity contribution in [3.05, 3.63) is 80.6 Å². The smallest absolute Gasteiger partial charge is 0.271 e. The van der Waals surface area contributed by atoms with Crippen molar-refractivity contribution >= 4 is 43.4 Å². The zero-order valence-corrected chi connectivity index (χ0v) is 18.5. The number of hydrogen-bond donors (Lipinski definition) is 1. The van der Waals surface area contributed by atoms with Crippen LogP contribution in [0.25, 0.3) is 21.3 Å². The molecule has 0 fully saturated rings. The third kappa shape index (κ3) is 4.15. The topological polar surface area (TPSA) is 73.2 Å². The van der Waals surface area contributed by atoms with Crippen LogP contribution >= 0.6 is 27.3 Å². The van der Waals surface area contributed by atoms with E-state index in [2.05, 4.69) is 26.2 Å². The Labute approximate surface area is 185 Å². The quantitative estimate of drug-likeness (QED) is 0.445. The van der Waals surface area contributed by atoms with Gasteiger partial charge >= 0.3 is 0 Å². The molecule has 4 rings (SSSR count). The van der Waals surface area contributed by atoms with E-state index in [4.69, 9.17) is 4.74 Å². The van der Waals surface area contributed by atoms with Crippen molar-refractivity contribution in [1.82, 2.24) is 14.9 Å². The Morgan fingerprint density at radius 2 is 1.97 bits per heavy atom. The van der Waals surface area contributed by atoms with E-state index in [0.717, 1.165) is 26.9 Å². The summed E-state index contributed by atoms with van der Waals surface area (Å²) in [6.45, 7) is 0.299. The highest BCUT2D eigenvalue weighted by atomic mass is 79.9. The molecule has 0 aliphatic rings. The summed E-state index contributed by atoms with van der Waals surface area (Å²) in [5.41, 5.74) is 3.23. The van der Waals surface area contributed by atoms with Gasteiger partial charge in [-0.05, 0) is 29.3 Å². The van der Waals surface area contributed by atoms with E-state index < -0.39 is 0 Å². The lowest BCUT2D eigenvalue weighted by molar-refractivity contribution is -0.121. The van der Waals surface area contributed by atoms with Crippen molar-refractivity contribution in [2.45, 2.75) is 13.1 Å². The fourth-order valence-electron chi connectivity index (χ4n) is 3.08. The third-order valence-corrected chi connectivity index (χ3v) is 6.43. The summed E-state index contributed by atoms with van der Waals surface area (Å²) in [7, 11) is 1.62. The molecule has 152 valence electrons. The molecule has 0 bridgehead atoms. The van der Waals surface area contributed by atoms with Crippen molar-refractivity contribution in [3.8, 4) is 16.9 Å². The second kappa shape index (κ2) is 8.81. The van der Waals surface area contributed by atoms with Gasteiger partial charge in [0.2, 0.25) is 5.91 Å². The van der Waals surface area contributed by atoms with Crippen LogP contribution in [-0.2, 0) is 17.9 Å². The van der Waals surface area contributed by atoms with Gasteiger partial charge in [-0.2, -0.15) is 0 Å². The van der Waals surface area contributed by atoms with Crippen molar-refractivity contribution in [1.29, 1.82) is 0 Å². The SMILES string of the molecule is COc1ccc(-c2csc3c(=O)n(CC(=O)NCc4ccccc4Br)cnc23)cc1. The van der Waals surface area contributed by atoms with Gasteiger partial charge in [0.15, 0.2) is 0 Å². The molecule has 1 N–H and O–H groups in total. The number of thiophene rings is 1. The van der Waals surface area contributed by atoms with Gasteiger partial charge in [-0.25, -0.2) is 4.98 Å². The minimum atomic E-state index is -0.249. The lowest BCUT2D eigenvalue weighted by atomic mass is 10.1. The van der Waals surface area contributed by atoms with Gasteiger partial charge in [0.1, 0.15) is 17.0 Å². The average molecular weight is 484 g/mol. The number of ether oxygens (including phenoxy) is 1. The fourth-order valence-corrected chi connectivity index (χ4v) is 4.48. The highest BCUT2D eigenvalue weighted by Crippen LogP contribution is 2.31. The summed E-state index contributed by atoms with van der Waals surface area (Å²) < 4.78 is 7.99. The second-order valence-electron chi connectivity index (χ2n) is 6.60. The molecule has 0 aliphatic heterocycles. The van der Waals surface area contributed by atoms with Gasteiger partial charge in [0.25, 0.3) is 5.56 Å². The Morgan fingerprint density at radius 3 is 2.70 bits per heavy atom. The number of nitrogens with zero attached hydrogens (tertiary/aromatic N) is 2. The van der Waals surface area contributed by atoms with E-state index >= 15 is 0 Å². The average Bonchev–Trinajstić information content (AvgIpc) is 3.20. The molecular weight excluding hydrogens is 466 g/mol. The van der Waals surface area contributed by atoms with E-state index in [-0.39, 0.29) is 18.0 Å². The number of nitrogens with one attached hydrogen (secondary N) is 1. The predicted octanol–water partition coefficient (Wildman–Crippen LogP) is 4.21. The number of carbonyl (C=O) groups excluding carboxylic acids is 1. The molecule has 6 nitrogen and oxygen atoms in total. The van der Waals surface area contributed by atoms with Gasteiger partial charge in [-0.3, -0.25) is 14.2 Å². The van der Waals surface area contributed by atoms with E-state index in [1.165, 1.54) is 22.2 Å². The van der Waals surface area contributed by atoms with Crippen molar-refractivity contribution in [3.63, 3.8) is 0 Å². The van der Waals surface area contributed by atoms with Crippen LogP contribution in [0.4, 0.5) is 0 Å². The number of rotatable bonds is 6. The Balaban J connectivity index is 1.53. The number of amides is 1. The highest BCUT2D eigenvalue weighted by molar-refractivity contribution is 9.10. The standard InChI is InChI=1S/C22H18BrN3O3S/c1-29-16-8-6-14(7-9-16)17-12-30-21-20(17)25-13-26(22(21)28)11-19(27)24-10-15-4-2-3-5-18(15)23/h2-9,12-13H,10-11H2,1H3,(H,24,27).